The minimum absolute atomic E-state index is 0.0859. The van der Waals surface area contributed by atoms with Crippen LogP contribution in [0.25, 0.3) is 11.4 Å². The molecule has 0 aliphatic heterocycles. The zero-order valence-corrected chi connectivity index (χ0v) is 20.5. The third-order valence-electron chi connectivity index (χ3n) is 5.24. The van der Waals surface area contributed by atoms with Gasteiger partial charge in [-0.05, 0) is 80.1 Å². The average molecular weight is 506 g/mol. The molecule has 0 saturated carbocycles. The lowest BCUT2D eigenvalue weighted by Crippen LogP contribution is -2.50. The molecule has 0 aliphatic rings. The Bertz CT molecular complexity index is 1390. The normalized spacial score (nSPS) is 12.1. The minimum atomic E-state index is -1.22. The van der Waals surface area contributed by atoms with Crippen LogP contribution in [0.15, 0.2) is 73.1 Å². The summed E-state index contributed by atoms with van der Waals surface area (Å²) in [6.07, 6.45) is 2.98. The van der Waals surface area contributed by atoms with Crippen LogP contribution in [0, 0.1) is 11.6 Å². The summed E-state index contributed by atoms with van der Waals surface area (Å²) in [6.45, 7) is 4.98. The molecule has 1 N–H and O–H groups in total. The largest absolute Gasteiger partial charge is 0.349 e. The number of aromatic nitrogens is 5. The van der Waals surface area contributed by atoms with Crippen LogP contribution >= 0.6 is 0 Å². The molecule has 0 aliphatic carbocycles. The van der Waals surface area contributed by atoms with Crippen molar-refractivity contribution in [2.45, 2.75) is 38.9 Å². The van der Waals surface area contributed by atoms with Crippen molar-refractivity contribution in [2.75, 3.05) is 4.90 Å². The number of hydrogen-bond donors (Lipinski definition) is 1. The van der Waals surface area contributed by atoms with Gasteiger partial charge in [-0.1, -0.05) is 12.1 Å². The van der Waals surface area contributed by atoms with Gasteiger partial charge in [-0.2, -0.15) is 4.80 Å². The predicted octanol–water partition coefficient (Wildman–Crippen LogP) is 3.70. The lowest BCUT2D eigenvalue weighted by molar-refractivity contribution is -0.128. The van der Waals surface area contributed by atoms with Crippen molar-refractivity contribution in [3.8, 4) is 11.4 Å². The van der Waals surface area contributed by atoms with Crippen molar-refractivity contribution in [2.24, 2.45) is 0 Å². The Morgan fingerprint density at radius 1 is 1.00 bits per heavy atom. The number of hydrogen-bond acceptors (Lipinski definition) is 6. The molecule has 0 radical (unpaired) electrons. The van der Waals surface area contributed by atoms with Crippen LogP contribution in [-0.2, 0) is 16.1 Å². The summed E-state index contributed by atoms with van der Waals surface area (Å²) in [7, 11) is 0. The number of carbonyl (C=O) groups excluding carboxylic acids is 2. The molecule has 2 heterocycles. The molecule has 1 atom stereocenters. The molecule has 0 bridgehead atoms. The maximum absolute atomic E-state index is 15.1. The molecule has 190 valence electrons. The fourth-order valence-electron chi connectivity index (χ4n) is 3.69. The second-order valence-electron chi connectivity index (χ2n) is 9.29. The number of pyridine rings is 1. The van der Waals surface area contributed by atoms with Crippen molar-refractivity contribution >= 4 is 17.5 Å². The highest BCUT2D eigenvalue weighted by Crippen LogP contribution is 2.30. The van der Waals surface area contributed by atoms with Crippen LogP contribution in [0.2, 0.25) is 0 Å². The van der Waals surface area contributed by atoms with Gasteiger partial charge in [0.2, 0.25) is 11.7 Å². The summed E-state index contributed by atoms with van der Waals surface area (Å²) in [5.74, 6) is -2.08. The van der Waals surface area contributed by atoms with Gasteiger partial charge in [0.15, 0.2) is 0 Å². The second kappa shape index (κ2) is 10.6. The van der Waals surface area contributed by atoms with E-state index in [1.165, 1.54) is 54.9 Å². The Morgan fingerprint density at radius 2 is 1.68 bits per heavy atom. The Morgan fingerprint density at radius 3 is 2.32 bits per heavy atom. The van der Waals surface area contributed by atoms with Crippen molar-refractivity contribution in [1.82, 2.24) is 30.5 Å². The van der Waals surface area contributed by atoms with E-state index in [2.05, 4.69) is 25.7 Å². The maximum atomic E-state index is 15.1. The third kappa shape index (κ3) is 6.18. The van der Waals surface area contributed by atoms with Crippen LogP contribution in [-0.4, -0.2) is 42.5 Å². The van der Waals surface area contributed by atoms with E-state index in [-0.39, 0.29) is 11.5 Å². The quantitative estimate of drug-likeness (QED) is 0.411. The van der Waals surface area contributed by atoms with Crippen LogP contribution in [0.1, 0.15) is 32.4 Å². The van der Waals surface area contributed by atoms with Crippen molar-refractivity contribution in [3.05, 3.63) is 90.3 Å². The summed E-state index contributed by atoms with van der Waals surface area (Å²) in [4.78, 5) is 33.4. The molecule has 2 aromatic heterocycles. The first-order valence-electron chi connectivity index (χ1n) is 11.4. The molecule has 9 nitrogen and oxygen atoms in total. The van der Waals surface area contributed by atoms with Gasteiger partial charge in [0, 0.05) is 23.5 Å². The first-order chi connectivity index (χ1) is 17.6. The molecule has 0 spiro atoms. The zero-order valence-electron chi connectivity index (χ0n) is 20.5. The Labute approximate surface area is 212 Å². The van der Waals surface area contributed by atoms with Gasteiger partial charge >= 0.3 is 0 Å². The number of halogens is 2. The van der Waals surface area contributed by atoms with Gasteiger partial charge in [0.1, 0.15) is 24.2 Å². The van der Waals surface area contributed by atoms with Crippen LogP contribution in [0.4, 0.5) is 14.5 Å². The minimum Gasteiger partial charge on any atom is -0.349 e. The number of nitrogens with one attached hydrogen (secondary N) is 1. The number of rotatable bonds is 7. The van der Waals surface area contributed by atoms with Gasteiger partial charge < -0.3 is 5.32 Å². The topological polar surface area (TPSA) is 106 Å². The van der Waals surface area contributed by atoms with Crippen LogP contribution in [0.5, 0.6) is 0 Å². The number of para-hydroxylation sites is 1. The van der Waals surface area contributed by atoms with E-state index in [0.717, 1.165) is 9.70 Å². The highest BCUT2D eigenvalue weighted by atomic mass is 19.1. The number of amides is 2. The highest BCUT2D eigenvalue weighted by molar-refractivity contribution is 6.01. The fraction of sp³-hybridized carbons (Fsp3) is 0.231. The van der Waals surface area contributed by atoms with Crippen molar-refractivity contribution in [3.63, 3.8) is 0 Å². The SMILES string of the molecule is CC(C)(C)NC(=O)[C@@H](c1ccncc1)N(C(=O)Cn1nnc(-c2ccc(F)cc2)n1)c1ccccc1F. The average Bonchev–Trinajstić information content (AvgIpc) is 3.31. The number of carbonyl (C=O) groups is 2. The number of nitrogens with zero attached hydrogens (tertiary/aromatic N) is 6. The van der Waals surface area contributed by atoms with E-state index in [4.69, 9.17) is 0 Å². The highest BCUT2D eigenvalue weighted by Gasteiger charge is 2.36. The summed E-state index contributed by atoms with van der Waals surface area (Å²) >= 11 is 0. The maximum Gasteiger partial charge on any atom is 0.251 e. The van der Waals surface area contributed by atoms with E-state index < -0.39 is 41.6 Å². The summed E-state index contributed by atoms with van der Waals surface area (Å²) < 4.78 is 28.3. The molecule has 11 heteroatoms. The standard InChI is InChI=1S/C26H25F2N7O2/c1-26(2,3)30-25(37)23(17-12-14-29-15-13-17)35(21-7-5-4-6-20(21)28)22(36)16-34-32-24(31-33-34)18-8-10-19(27)11-9-18/h4-15,23H,16H2,1-3H3,(H,30,37)/t23-/m1/s1. The molecule has 0 unspecified atom stereocenters. The lowest BCUT2D eigenvalue weighted by Gasteiger charge is -2.33. The van der Waals surface area contributed by atoms with E-state index >= 15 is 4.39 Å². The van der Waals surface area contributed by atoms with E-state index in [9.17, 15) is 14.0 Å². The molecular weight excluding hydrogens is 480 g/mol. The summed E-state index contributed by atoms with van der Waals surface area (Å²) in [5, 5.41) is 14.9. The van der Waals surface area contributed by atoms with E-state index in [1.807, 2.05) is 0 Å². The number of benzene rings is 2. The van der Waals surface area contributed by atoms with E-state index in [1.54, 1.807) is 39.0 Å². The zero-order chi connectivity index (χ0) is 26.6. The second-order valence-corrected chi connectivity index (χ2v) is 9.29. The van der Waals surface area contributed by atoms with Crippen LogP contribution < -0.4 is 10.2 Å². The van der Waals surface area contributed by atoms with Gasteiger partial charge in [-0.25, -0.2) is 8.78 Å². The van der Waals surface area contributed by atoms with Gasteiger partial charge in [-0.3, -0.25) is 19.5 Å². The monoisotopic (exact) mass is 505 g/mol. The molecule has 0 saturated heterocycles. The summed E-state index contributed by atoms with van der Waals surface area (Å²) in [5.41, 5.74) is 0.235. The van der Waals surface area contributed by atoms with E-state index in [0.29, 0.717) is 11.1 Å². The predicted molar refractivity (Wildman–Crippen MR) is 132 cm³/mol. The van der Waals surface area contributed by atoms with Gasteiger partial charge in [-0.15, -0.1) is 10.2 Å². The number of tetrazole rings is 1. The molecular formula is C26H25F2N7O2. The molecule has 2 aromatic carbocycles. The first kappa shape index (κ1) is 25.5. The molecule has 4 rings (SSSR count). The fourth-order valence-corrected chi connectivity index (χ4v) is 3.69. The smallest absolute Gasteiger partial charge is 0.251 e. The molecule has 37 heavy (non-hydrogen) atoms. The first-order valence-corrected chi connectivity index (χ1v) is 11.4. The molecule has 2 amide bonds. The van der Waals surface area contributed by atoms with Gasteiger partial charge in [0.05, 0.1) is 5.69 Å². The Kier molecular flexibility index (Phi) is 7.32. The molecule has 4 aromatic rings. The van der Waals surface area contributed by atoms with Crippen molar-refractivity contribution in [1.29, 1.82) is 0 Å². The molecule has 0 fully saturated rings. The summed E-state index contributed by atoms with van der Waals surface area (Å²) in [6, 6.07) is 13.2. The number of anilines is 1. The van der Waals surface area contributed by atoms with Gasteiger partial charge in [0.25, 0.3) is 5.91 Å². The lowest BCUT2D eigenvalue weighted by atomic mass is 10.0. The Hall–Kier alpha value is -4.54. The third-order valence-corrected chi connectivity index (χ3v) is 5.24. The Balaban J connectivity index is 1.73. The van der Waals surface area contributed by atoms with Crippen LogP contribution in [0.3, 0.4) is 0 Å². The van der Waals surface area contributed by atoms with Crippen molar-refractivity contribution < 1.29 is 18.4 Å².